The fraction of sp³-hybridized carbons (Fsp3) is 0.389. The second-order valence-electron chi connectivity index (χ2n) is 5.19. The Hall–Kier alpha value is -3.03. The Morgan fingerprint density at radius 2 is 1.65 bits per heavy atom. The summed E-state index contributed by atoms with van der Waals surface area (Å²) in [5.41, 5.74) is 3.49. The van der Waals surface area contributed by atoms with E-state index in [9.17, 15) is 4.79 Å². The van der Waals surface area contributed by atoms with E-state index in [1.165, 1.54) is 21.3 Å². The molecule has 8 nitrogen and oxygen atoms in total. The van der Waals surface area contributed by atoms with E-state index in [0.717, 1.165) is 5.56 Å². The molecule has 26 heavy (non-hydrogen) atoms. The zero-order valence-electron chi connectivity index (χ0n) is 16.0. The molecule has 0 aromatic heterocycles. The molecule has 0 aliphatic heterocycles. The minimum Gasteiger partial charge on any atom is -0.399 e. The van der Waals surface area contributed by atoms with Gasteiger partial charge >= 0.3 is 0 Å². The number of carbonyl (C=O) groups excluding carboxylic acids is 1. The molecule has 0 radical (unpaired) electrons. The Morgan fingerprint density at radius 3 is 2.19 bits per heavy atom. The molecule has 8 heteroatoms. The van der Waals surface area contributed by atoms with Gasteiger partial charge in [0.2, 0.25) is 0 Å². The molecule has 0 fully saturated rings. The molecule has 0 saturated carbocycles. The number of oxime groups is 2. The maximum absolute atomic E-state index is 12.1. The fourth-order valence-corrected chi connectivity index (χ4v) is 2.21. The molecule has 1 aromatic rings. The average Bonchev–Trinajstić information content (AvgIpc) is 2.66. The van der Waals surface area contributed by atoms with Gasteiger partial charge in [-0.1, -0.05) is 41.5 Å². The van der Waals surface area contributed by atoms with Crippen LogP contribution in [0.4, 0.5) is 0 Å². The first kappa shape index (κ1) is 21.0. The number of nitrogens with one attached hydrogen (secondary N) is 1. The molecular weight excluding hydrogens is 334 g/mol. The summed E-state index contributed by atoms with van der Waals surface area (Å²) in [6, 6.07) is 7.30. The topological polar surface area (TPSA) is 97.0 Å². The molecule has 140 valence electrons. The summed E-state index contributed by atoms with van der Waals surface area (Å²) in [5.74, 6) is -0.354. The van der Waals surface area contributed by atoms with Crippen molar-refractivity contribution in [2.75, 3.05) is 21.3 Å². The summed E-state index contributed by atoms with van der Waals surface area (Å²) in [6.45, 7) is 5.58. The Morgan fingerprint density at radius 1 is 1.04 bits per heavy atom. The smallest absolute Gasteiger partial charge is 0.273 e. The van der Waals surface area contributed by atoms with Crippen LogP contribution in [0, 0.1) is 0 Å². The van der Waals surface area contributed by atoms with Crippen LogP contribution in [-0.2, 0) is 14.5 Å². The summed E-state index contributed by atoms with van der Waals surface area (Å²) in [5, 5.41) is 18.9. The van der Waals surface area contributed by atoms with Crippen molar-refractivity contribution in [3.05, 3.63) is 35.4 Å². The zero-order valence-corrected chi connectivity index (χ0v) is 16.0. The monoisotopic (exact) mass is 359 g/mol. The molecule has 0 atom stereocenters. The minimum absolute atomic E-state index is 0.164. The summed E-state index contributed by atoms with van der Waals surface area (Å²) in [7, 11) is 4.41. The highest BCUT2D eigenvalue weighted by molar-refractivity contribution is 6.46. The van der Waals surface area contributed by atoms with Crippen LogP contribution in [-0.4, -0.2) is 50.0 Å². The molecule has 0 saturated heterocycles. The van der Waals surface area contributed by atoms with Crippen molar-refractivity contribution in [3.8, 4) is 0 Å². The number of amides is 1. The number of benzene rings is 1. The molecule has 0 aliphatic carbocycles. The fourth-order valence-electron chi connectivity index (χ4n) is 2.21. The highest BCUT2D eigenvalue weighted by Crippen LogP contribution is 2.13. The Bertz CT molecular complexity index is 751. The first-order valence-electron chi connectivity index (χ1n) is 8.12. The minimum atomic E-state index is -0.354. The van der Waals surface area contributed by atoms with E-state index in [-0.39, 0.29) is 11.6 Å². The van der Waals surface area contributed by atoms with Crippen molar-refractivity contribution in [2.45, 2.75) is 27.2 Å². The lowest BCUT2D eigenvalue weighted by Crippen LogP contribution is -2.29. The quantitative estimate of drug-likeness (QED) is 0.570. The molecular formula is C18H25N5O3. The third-order valence-corrected chi connectivity index (χ3v) is 3.50. The van der Waals surface area contributed by atoms with E-state index in [2.05, 4.69) is 25.8 Å². The number of hydrogen-bond acceptors (Lipinski definition) is 7. The summed E-state index contributed by atoms with van der Waals surface area (Å²) >= 11 is 0. The van der Waals surface area contributed by atoms with Gasteiger partial charge < -0.3 is 15.0 Å². The van der Waals surface area contributed by atoms with Gasteiger partial charge in [-0.2, -0.15) is 10.2 Å². The molecule has 0 heterocycles. The van der Waals surface area contributed by atoms with Crippen LogP contribution in [0.1, 0.15) is 38.3 Å². The predicted octanol–water partition coefficient (Wildman–Crippen LogP) is 2.38. The SMILES string of the molecule is CCC(=N/N=C(/C)c1ccccc1/C(=N/OC)C(=O)NC)/C(C)=N\OC. The van der Waals surface area contributed by atoms with E-state index in [4.69, 9.17) is 9.68 Å². The molecule has 1 rings (SSSR count). The van der Waals surface area contributed by atoms with Gasteiger partial charge in [-0.3, -0.25) is 4.79 Å². The third-order valence-electron chi connectivity index (χ3n) is 3.50. The lowest BCUT2D eigenvalue weighted by atomic mass is 9.99. The van der Waals surface area contributed by atoms with Crippen LogP contribution in [0.5, 0.6) is 0 Å². The van der Waals surface area contributed by atoms with Crippen LogP contribution < -0.4 is 5.32 Å². The van der Waals surface area contributed by atoms with E-state index < -0.39 is 0 Å². The highest BCUT2D eigenvalue weighted by atomic mass is 16.6. The maximum atomic E-state index is 12.1. The molecule has 0 aliphatic rings. The van der Waals surface area contributed by atoms with Crippen molar-refractivity contribution in [3.63, 3.8) is 0 Å². The number of nitrogens with zero attached hydrogens (tertiary/aromatic N) is 4. The average molecular weight is 359 g/mol. The van der Waals surface area contributed by atoms with Crippen LogP contribution >= 0.6 is 0 Å². The van der Waals surface area contributed by atoms with Gasteiger partial charge in [-0.25, -0.2) is 0 Å². The van der Waals surface area contributed by atoms with Crippen molar-refractivity contribution >= 4 is 28.8 Å². The predicted molar refractivity (Wildman–Crippen MR) is 104 cm³/mol. The number of likely N-dealkylation sites (N-methyl/N-ethyl adjacent to an activating group) is 1. The van der Waals surface area contributed by atoms with Gasteiger partial charge in [0.05, 0.1) is 17.1 Å². The molecule has 1 aromatic carbocycles. The summed E-state index contributed by atoms with van der Waals surface area (Å²) in [6.07, 6.45) is 0.658. The van der Waals surface area contributed by atoms with E-state index in [0.29, 0.717) is 29.1 Å². The van der Waals surface area contributed by atoms with Gasteiger partial charge in [0.1, 0.15) is 14.2 Å². The normalized spacial score (nSPS) is 13.5. The Balaban J connectivity index is 3.37. The number of hydrogen-bond donors (Lipinski definition) is 1. The van der Waals surface area contributed by atoms with Crippen molar-refractivity contribution < 1.29 is 14.5 Å². The lowest BCUT2D eigenvalue weighted by molar-refractivity contribution is -0.114. The Labute approximate surface area is 153 Å². The first-order chi connectivity index (χ1) is 12.5. The van der Waals surface area contributed by atoms with Gasteiger partial charge in [-0.05, 0) is 20.3 Å². The van der Waals surface area contributed by atoms with Gasteiger partial charge in [0.15, 0.2) is 5.71 Å². The van der Waals surface area contributed by atoms with Gasteiger partial charge in [0, 0.05) is 18.2 Å². The van der Waals surface area contributed by atoms with Crippen LogP contribution in [0.25, 0.3) is 0 Å². The second kappa shape index (κ2) is 10.8. The summed E-state index contributed by atoms with van der Waals surface area (Å²) in [4.78, 5) is 21.7. The Kier molecular flexibility index (Phi) is 8.69. The number of carbonyl (C=O) groups is 1. The van der Waals surface area contributed by atoms with Gasteiger partial charge in [-0.15, -0.1) is 0 Å². The van der Waals surface area contributed by atoms with Crippen molar-refractivity contribution in [1.29, 1.82) is 0 Å². The lowest BCUT2D eigenvalue weighted by Gasteiger charge is -2.10. The standard InChI is InChI=1S/C18H25N5O3/c1-7-16(13(3)22-25-5)21-20-12(2)14-10-8-9-11-15(14)17(23-26-6)18(24)19-4/h8-11H,7H2,1-6H3,(H,19,24)/b20-12-,21-16-,22-13-,23-17-. The van der Waals surface area contributed by atoms with E-state index in [1.807, 2.05) is 32.0 Å². The molecule has 0 spiro atoms. The van der Waals surface area contributed by atoms with Crippen LogP contribution in [0.2, 0.25) is 0 Å². The summed E-state index contributed by atoms with van der Waals surface area (Å²) < 4.78 is 0. The molecule has 0 unspecified atom stereocenters. The van der Waals surface area contributed by atoms with Crippen LogP contribution in [0.15, 0.2) is 44.8 Å². The second-order valence-corrected chi connectivity index (χ2v) is 5.19. The third kappa shape index (κ3) is 5.51. The zero-order chi connectivity index (χ0) is 19.5. The molecule has 0 bridgehead atoms. The highest BCUT2D eigenvalue weighted by Gasteiger charge is 2.18. The number of rotatable bonds is 8. The van der Waals surface area contributed by atoms with Crippen molar-refractivity contribution in [2.24, 2.45) is 20.5 Å². The largest absolute Gasteiger partial charge is 0.399 e. The van der Waals surface area contributed by atoms with Crippen LogP contribution in [0.3, 0.4) is 0 Å². The van der Waals surface area contributed by atoms with E-state index in [1.54, 1.807) is 13.0 Å². The maximum Gasteiger partial charge on any atom is 0.273 e. The molecule has 1 N–H and O–H groups in total. The first-order valence-corrected chi connectivity index (χ1v) is 8.12. The van der Waals surface area contributed by atoms with E-state index >= 15 is 0 Å². The van der Waals surface area contributed by atoms with Gasteiger partial charge in [0.25, 0.3) is 5.91 Å². The van der Waals surface area contributed by atoms with Crippen molar-refractivity contribution in [1.82, 2.24) is 5.32 Å². The molecule has 1 amide bonds.